The zero-order chi connectivity index (χ0) is 13.4. The van der Waals surface area contributed by atoms with Crippen LogP contribution >= 0.6 is 15.9 Å². The van der Waals surface area contributed by atoms with E-state index in [2.05, 4.69) is 15.9 Å². The van der Waals surface area contributed by atoms with Crippen molar-refractivity contribution in [3.63, 3.8) is 0 Å². The maximum atomic E-state index is 13.2. The van der Waals surface area contributed by atoms with Gasteiger partial charge >= 0.3 is 0 Å². The second-order valence-electron chi connectivity index (χ2n) is 3.24. The van der Waals surface area contributed by atoms with Crippen molar-refractivity contribution in [2.24, 2.45) is 0 Å². The van der Waals surface area contributed by atoms with Crippen molar-refractivity contribution in [1.29, 1.82) is 0 Å². The monoisotopic (exact) mass is 326 g/mol. The molecule has 1 aromatic carbocycles. The van der Waals surface area contributed by atoms with Gasteiger partial charge in [-0.05, 0) is 22.0 Å². The molecule has 0 saturated carbocycles. The fourth-order valence-electron chi connectivity index (χ4n) is 1.10. The number of nitro benzene ring substituents is 1. The van der Waals surface area contributed by atoms with E-state index in [0.29, 0.717) is 6.07 Å². The number of anilines is 1. The van der Waals surface area contributed by atoms with E-state index in [0.717, 1.165) is 23.7 Å². The molecular weight excluding hydrogens is 319 g/mol. The third-order valence-electron chi connectivity index (χ3n) is 2.05. The van der Waals surface area contributed by atoms with Gasteiger partial charge in [0, 0.05) is 7.05 Å². The first-order chi connectivity index (χ1) is 7.64. The Morgan fingerprint density at radius 1 is 1.47 bits per heavy atom. The molecule has 0 aliphatic carbocycles. The molecule has 0 amide bonds. The predicted molar refractivity (Wildman–Crippen MR) is 64.0 cm³/mol. The summed E-state index contributed by atoms with van der Waals surface area (Å²) in [5.74, 6) is -0.831. The minimum atomic E-state index is -3.66. The molecule has 17 heavy (non-hydrogen) atoms. The molecule has 0 aromatic heterocycles. The second-order valence-corrected chi connectivity index (χ2v) is 6.11. The SMILES string of the molecule is CN(c1cc(Br)c(F)cc1[N+](=O)[O-])S(C)(=O)=O. The quantitative estimate of drug-likeness (QED) is 0.627. The standard InChI is InChI=1S/C8H8BrFN2O4S/c1-11(17(2,15)16)7-3-5(9)6(10)4-8(7)12(13)14/h3-4H,1-2H3. The predicted octanol–water partition coefficient (Wildman–Crippen LogP) is 1.89. The Kier molecular flexibility index (Phi) is 3.72. The summed E-state index contributed by atoms with van der Waals surface area (Å²) in [6.07, 6.45) is 0.897. The first-order valence-corrected chi connectivity index (χ1v) is 6.86. The van der Waals surface area contributed by atoms with E-state index in [1.54, 1.807) is 0 Å². The largest absolute Gasteiger partial charge is 0.296 e. The molecule has 0 atom stereocenters. The van der Waals surface area contributed by atoms with Gasteiger partial charge in [-0.2, -0.15) is 0 Å². The van der Waals surface area contributed by atoms with Gasteiger partial charge in [-0.15, -0.1) is 0 Å². The highest BCUT2D eigenvalue weighted by atomic mass is 79.9. The van der Waals surface area contributed by atoms with Gasteiger partial charge in [-0.1, -0.05) is 0 Å². The fraction of sp³-hybridized carbons (Fsp3) is 0.250. The summed E-state index contributed by atoms with van der Waals surface area (Å²) in [5, 5.41) is 10.7. The number of halogens is 2. The van der Waals surface area contributed by atoms with Crippen LogP contribution in [0.1, 0.15) is 0 Å². The molecule has 0 spiro atoms. The van der Waals surface area contributed by atoms with Crippen LogP contribution < -0.4 is 4.31 Å². The van der Waals surface area contributed by atoms with E-state index in [1.165, 1.54) is 0 Å². The Balaban J connectivity index is 3.52. The number of rotatable bonds is 3. The number of benzene rings is 1. The van der Waals surface area contributed by atoms with E-state index in [4.69, 9.17) is 0 Å². The maximum absolute atomic E-state index is 13.2. The lowest BCUT2D eigenvalue weighted by atomic mass is 10.2. The first kappa shape index (κ1) is 13.8. The van der Waals surface area contributed by atoms with E-state index in [9.17, 15) is 22.9 Å². The molecule has 9 heteroatoms. The van der Waals surface area contributed by atoms with Gasteiger partial charge in [0.2, 0.25) is 10.0 Å². The second kappa shape index (κ2) is 4.57. The van der Waals surface area contributed by atoms with Gasteiger partial charge in [0.25, 0.3) is 5.69 Å². The summed E-state index contributed by atoms with van der Waals surface area (Å²) in [7, 11) is -2.50. The minimum Gasteiger partial charge on any atom is -0.267 e. The number of sulfonamides is 1. The van der Waals surface area contributed by atoms with Crippen LogP contribution in [0.2, 0.25) is 0 Å². The van der Waals surface area contributed by atoms with Crippen molar-refractivity contribution < 1.29 is 17.7 Å². The average Bonchev–Trinajstić information content (AvgIpc) is 2.18. The molecule has 0 bridgehead atoms. The van der Waals surface area contributed by atoms with Crippen molar-refractivity contribution in [3.05, 3.63) is 32.5 Å². The molecule has 0 radical (unpaired) electrons. The summed E-state index contributed by atoms with van der Waals surface area (Å²) in [6.45, 7) is 0. The minimum absolute atomic E-state index is 0.0476. The highest BCUT2D eigenvalue weighted by Crippen LogP contribution is 2.33. The van der Waals surface area contributed by atoms with Crippen molar-refractivity contribution in [1.82, 2.24) is 0 Å². The van der Waals surface area contributed by atoms with Crippen LogP contribution in [0.25, 0.3) is 0 Å². The first-order valence-electron chi connectivity index (χ1n) is 4.22. The smallest absolute Gasteiger partial charge is 0.267 e. The molecule has 0 aliphatic heterocycles. The van der Waals surface area contributed by atoms with Gasteiger partial charge < -0.3 is 0 Å². The molecule has 94 valence electrons. The van der Waals surface area contributed by atoms with E-state index in [1.807, 2.05) is 0 Å². The third-order valence-corrected chi connectivity index (χ3v) is 3.85. The zero-order valence-corrected chi connectivity index (χ0v) is 11.2. The van der Waals surface area contributed by atoms with Gasteiger partial charge in [0.15, 0.2) is 0 Å². The molecule has 0 aliphatic rings. The zero-order valence-electron chi connectivity index (χ0n) is 8.85. The Morgan fingerprint density at radius 3 is 2.41 bits per heavy atom. The van der Waals surface area contributed by atoms with Crippen LogP contribution in [-0.2, 0) is 10.0 Å². The Hall–Kier alpha value is -1.22. The Bertz CT molecular complexity index is 575. The lowest BCUT2D eigenvalue weighted by Gasteiger charge is -2.16. The molecule has 0 heterocycles. The van der Waals surface area contributed by atoms with Crippen molar-refractivity contribution in [3.8, 4) is 0 Å². The molecule has 0 saturated heterocycles. The van der Waals surface area contributed by atoms with Crippen LogP contribution in [0.4, 0.5) is 15.8 Å². The number of nitrogens with zero attached hydrogens (tertiary/aromatic N) is 2. The molecule has 1 rings (SSSR count). The molecular formula is C8H8BrFN2O4S. The van der Waals surface area contributed by atoms with Crippen molar-refractivity contribution >= 4 is 37.3 Å². The van der Waals surface area contributed by atoms with Crippen LogP contribution in [0.5, 0.6) is 0 Å². The maximum Gasteiger partial charge on any atom is 0.296 e. The molecule has 0 unspecified atom stereocenters. The summed E-state index contributed by atoms with van der Waals surface area (Å²) in [4.78, 5) is 9.88. The average molecular weight is 327 g/mol. The van der Waals surface area contributed by atoms with E-state index >= 15 is 0 Å². The van der Waals surface area contributed by atoms with Gasteiger partial charge in [-0.3, -0.25) is 14.4 Å². The van der Waals surface area contributed by atoms with Crippen LogP contribution in [0.15, 0.2) is 16.6 Å². The summed E-state index contributed by atoms with van der Waals surface area (Å²) >= 11 is 2.85. The number of hydrogen-bond donors (Lipinski definition) is 0. The molecule has 0 N–H and O–H groups in total. The Labute approximate surface area is 105 Å². The van der Waals surface area contributed by atoms with Gasteiger partial charge in [-0.25, -0.2) is 12.8 Å². The van der Waals surface area contributed by atoms with E-state index in [-0.39, 0.29) is 10.2 Å². The van der Waals surface area contributed by atoms with Crippen molar-refractivity contribution in [2.45, 2.75) is 0 Å². The highest BCUT2D eigenvalue weighted by molar-refractivity contribution is 9.10. The van der Waals surface area contributed by atoms with Crippen molar-refractivity contribution in [2.75, 3.05) is 17.6 Å². The van der Waals surface area contributed by atoms with Gasteiger partial charge in [0.05, 0.1) is 21.7 Å². The van der Waals surface area contributed by atoms with Crippen LogP contribution in [0.3, 0.4) is 0 Å². The number of nitro groups is 1. The summed E-state index contributed by atoms with van der Waals surface area (Å²) < 4.78 is 36.4. The summed E-state index contributed by atoms with van der Waals surface area (Å²) in [5.41, 5.74) is -0.815. The van der Waals surface area contributed by atoms with Crippen LogP contribution in [0, 0.1) is 15.9 Å². The highest BCUT2D eigenvalue weighted by Gasteiger charge is 2.24. The molecule has 6 nitrogen and oxygen atoms in total. The van der Waals surface area contributed by atoms with Gasteiger partial charge in [0.1, 0.15) is 11.5 Å². The molecule has 1 aromatic rings. The van der Waals surface area contributed by atoms with Crippen LogP contribution in [-0.4, -0.2) is 26.6 Å². The normalized spacial score (nSPS) is 11.3. The Morgan fingerprint density at radius 2 is 2.00 bits per heavy atom. The fourth-order valence-corrected chi connectivity index (χ4v) is 1.94. The summed E-state index contributed by atoms with van der Waals surface area (Å²) in [6, 6.07) is 1.72. The number of hydrogen-bond acceptors (Lipinski definition) is 4. The lowest BCUT2D eigenvalue weighted by molar-refractivity contribution is -0.384. The molecule has 0 fully saturated rings. The topological polar surface area (TPSA) is 80.5 Å². The third kappa shape index (κ3) is 2.91. The lowest BCUT2D eigenvalue weighted by Crippen LogP contribution is -2.25. The van der Waals surface area contributed by atoms with E-state index < -0.39 is 26.5 Å².